The Morgan fingerprint density at radius 3 is 2.86 bits per heavy atom. The number of rotatable bonds is 9. The first kappa shape index (κ1) is 16.1. The van der Waals surface area contributed by atoms with Gasteiger partial charge >= 0.3 is 0 Å². The summed E-state index contributed by atoms with van der Waals surface area (Å²) >= 11 is 1.75. The molecule has 2 rings (SSSR count). The molecule has 2 aromatic rings. The summed E-state index contributed by atoms with van der Waals surface area (Å²) in [4.78, 5) is 5.55. The van der Waals surface area contributed by atoms with Gasteiger partial charge < -0.3 is 10.1 Å². The molecule has 4 heteroatoms. The third kappa shape index (κ3) is 5.58. The smallest absolute Gasteiger partial charge is 0.0794 e. The van der Waals surface area contributed by atoms with Crippen molar-refractivity contribution in [3.63, 3.8) is 0 Å². The summed E-state index contributed by atoms with van der Waals surface area (Å²) in [6.07, 6.45) is 4.17. The number of hydrogen-bond donors (Lipinski definition) is 1. The first-order valence-corrected chi connectivity index (χ1v) is 8.29. The normalized spacial score (nSPS) is 12.5. The molecule has 1 heterocycles. The molecule has 114 valence electrons. The van der Waals surface area contributed by atoms with Crippen molar-refractivity contribution < 1.29 is 4.74 Å². The Labute approximate surface area is 131 Å². The Morgan fingerprint density at radius 1 is 1.29 bits per heavy atom. The molecule has 3 nitrogen and oxygen atoms in total. The Bertz CT molecular complexity index is 513. The monoisotopic (exact) mass is 304 g/mol. The van der Waals surface area contributed by atoms with E-state index in [1.54, 1.807) is 18.4 Å². The van der Waals surface area contributed by atoms with Crippen LogP contribution in [0.25, 0.3) is 0 Å². The third-order valence-corrected chi connectivity index (χ3v) is 4.46. The van der Waals surface area contributed by atoms with Crippen molar-refractivity contribution in [3.05, 3.63) is 52.0 Å². The van der Waals surface area contributed by atoms with Gasteiger partial charge in [-0.05, 0) is 43.4 Å². The van der Waals surface area contributed by atoms with E-state index in [4.69, 9.17) is 4.74 Å². The van der Waals surface area contributed by atoms with Crippen LogP contribution in [0, 0.1) is 12.8 Å². The van der Waals surface area contributed by atoms with E-state index in [9.17, 15) is 0 Å². The van der Waals surface area contributed by atoms with Gasteiger partial charge in [-0.15, -0.1) is 11.3 Å². The summed E-state index contributed by atoms with van der Waals surface area (Å²) in [5.74, 6) is 0.586. The molecule has 1 atom stereocenters. The first-order chi connectivity index (χ1) is 10.3. The summed E-state index contributed by atoms with van der Waals surface area (Å²) in [5, 5.41) is 3.50. The van der Waals surface area contributed by atoms with Crippen molar-refractivity contribution in [2.75, 3.05) is 26.8 Å². The Hall–Kier alpha value is -1.23. The van der Waals surface area contributed by atoms with E-state index in [2.05, 4.69) is 41.5 Å². The molecule has 0 fully saturated rings. The number of thiazole rings is 1. The summed E-state index contributed by atoms with van der Waals surface area (Å²) < 4.78 is 5.10. The van der Waals surface area contributed by atoms with Crippen molar-refractivity contribution in [2.24, 2.45) is 5.92 Å². The molecule has 0 amide bonds. The molecule has 0 saturated heterocycles. The number of nitrogens with one attached hydrogen (secondary N) is 1. The van der Waals surface area contributed by atoms with Crippen molar-refractivity contribution in [1.29, 1.82) is 0 Å². The molecule has 1 aromatic carbocycles. The number of aromatic nitrogens is 1. The van der Waals surface area contributed by atoms with Gasteiger partial charge in [0.05, 0.1) is 12.1 Å². The quantitative estimate of drug-likeness (QED) is 0.723. The molecule has 1 aromatic heterocycles. The van der Waals surface area contributed by atoms with Gasteiger partial charge in [0.1, 0.15) is 0 Å². The van der Waals surface area contributed by atoms with Crippen LogP contribution in [0.3, 0.4) is 0 Å². The summed E-state index contributed by atoms with van der Waals surface area (Å²) in [6.45, 7) is 4.87. The maximum Gasteiger partial charge on any atom is 0.0794 e. The molecule has 1 N–H and O–H groups in total. The SMILES string of the molecule is COCCNCC(Cc1cncs1)Cc1ccccc1C. The van der Waals surface area contributed by atoms with Crippen LogP contribution in [0.4, 0.5) is 0 Å². The molecule has 0 aliphatic carbocycles. The van der Waals surface area contributed by atoms with Gasteiger partial charge in [-0.3, -0.25) is 4.98 Å². The third-order valence-electron chi connectivity index (χ3n) is 3.66. The number of methoxy groups -OCH3 is 1. The molecule has 0 aliphatic heterocycles. The fourth-order valence-electron chi connectivity index (χ4n) is 2.47. The lowest BCUT2D eigenvalue weighted by Crippen LogP contribution is -2.28. The van der Waals surface area contributed by atoms with Gasteiger partial charge in [-0.2, -0.15) is 0 Å². The van der Waals surface area contributed by atoms with Crippen molar-refractivity contribution in [3.8, 4) is 0 Å². The van der Waals surface area contributed by atoms with Gasteiger partial charge in [-0.25, -0.2) is 0 Å². The molecule has 1 unspecified atom stereocenters. The van der Waals surface area contributed by atoms with Crippen LogP contribution >= 0.6 is 11.3 Å². The molecular weight excluding hydrogens is 280 g/mol. The summed E-state index contributed by atoms with van der Waals surface area (Å²) in [7, 11) is 1.74. The molecule has 0 bridgehead atoms. The van der Waals surface area contributed by atoms with Crippen LogP contribution in [0.1, 0.15) is 16.0 Å². The lowest BCUT2D eigenvalue weighted by atomic mass is 9.93. The average Bonchev–Trinajstić information content (AvgIpc) is 2.99. The largest absolute Gasteiger partial charge is 0.383 e. The Kier molecular flexibility index (Phi) is 6.86. The molecule has 21 heavy (non-hydrogen) atoms. The second kappa shape index (κ2) is 8.93. The predicted octanol–water partition coefficient (Wildman–Crippen LogP) is 3.09. The Balaban J connectivity index is 1.95. The number of hydrogen-bond acceptors (Lipinski definition) is 4. The molecule has 0 aliphatic rings. The first-order valence-electron chi connectivity index (χ1n) is 7.41. The highest BCUT2D eigenvalue weighted by Crippen LogP contribution is 2.18. The minimum Gasteiger partial charge on any atom is -0.383 e. The van der Waals surface area contributed by atoms with Crippen molar-refractivity contribution >= 4 is 11.3 Å². The molecular formula is C17H24N2OS. The second-order valence-corrected chi connectivity index (χ2v) is 6.34. The van der Waals surface area contributed by atoms with E-state index >= 15 is 0 Å². The fraction of sp³-hybridized carbons (Fsp3) is 0.471. The second-order valence-electron chi connectivity index (χ2n) is 5.37. The summed E-state index contributed by atoms with van der Waals surface area (Å²) in [6, 6.07) is 8.67. The van der Waals surface area contributed by atoms with E-state index in [1.807, 2.05) is 11.7 Å². The van der Waals surface area contributed by atoms with E-state index in [1.165, 1.54) is 16.0 Å². The van der Waals surface area contributed by atoms with Gasteiger partial charge in [0, 0.05) is 24.7 Å². The van der Waals surface area contributed by atoms with E-state index < -0.39 is 0 Å². The average molecular weight is 304 g/mol. The number of benzene rings is 1. The van der Waals surface area contributed by atoms with E-state index in [-0.39, 0.29) is 0 Å². The van der Waals surface area contributed by atoms with E-state index in [0.717, 1.165) is 32.5 Å². The lowest BCUT2D eigenvalue weighted by Gasteiger charge is -2.18. The van der Waals surface area contributed by atoms with Crippen LogP contribution in [-0.4, -0.2) is 31.8 Å². The minimum absolute atomic E-state index is 0.586. The lowest BCUT2D eigenvalue weighted by molar-refractivity contribution is 0.197. The molecule has 0 saturated carbocycles. The van der Waals surface area contributed by atoms with E-state index in [0.29, 0.717) is 5.92 Å². The van der Waals surface area contributed by atoms with Crippen molar-refractivity contribution in [2.45, 2.75) is 19.8 Å². The zero-order valence-corrected chi connectivity index (χ0v) is 13.7. The van der Waals surface area contributed by atoms with Crippen LogP contribution in [-0.2, 0) is 17.6 Å². The van der Waals surface area contributed by atoms with Gasteiger partial charge in [0.2, 0.25) is 0 Å². The zero-order chi connectivity index (χ0) is 14.9. The van der Waals surface area contributed by atoms with Gasteiger partial charge in [-0.1, -0.05) is 24.3 Å². The zero-order valence-electron chi connectivity index (χ0n) is 12.8. The number of ether oxygens (including phenoxy) is 1. The van der Waals surface area contributed by atoms with Crippen molar-refractivity contribution in [1.82, 2.24) is 10.3 Å². The van der Waals surface area contributed by atoms with Crippen LogP contribution in [0.15, 0.2) is 36.0 Å². The molecule has 0 spiro atoms. The topological polar surface area (TPSA) is 34.1 Å². The van der Waals surface area contributed by atoms with Gasteiger partial charge in [0.25, 0.3) is 0 Å². The van der Waals surface area contributed by atoms with Crippen LogP contribution in [0.5, 0.6) is 0 Å². The summed E-state index contributed by atoms with van der Waals surface area (Å²) in [5.41, 5.74) is 4.74. The van der Waals surface area contributed by atoms with Gasteiger partial charge in [0.15, 0.2) is 0 Å². The molecule has 0 radical (unpaired) electrons. The van der Waals surface area contributed by atoms with Crippen LogP contribution < -0.4 is 5.32 Å². The minimum atomic E-state index is 0.586. The van der Waals surface area contributed by atoms with Crippen LogP contribution in [0.2, 0.25) is 0 Å². The number of nitrogens with zero attached hydrogens (tertiary/aromatic N) is 1. The number of aryl methyl sites for hydroxylation is 1. The standard InChI is InChI=1S/C17H24N2OS/c1-14-5-3-4-6-16(14)9-15(11-18-7-8-20-2)10-17-12-19-13-21-17/h3-6,12-13,15,18H,7-11H2,1-2H3. The highest BCUT2D eigenvalue weighted by Gasteiger charge is 2.13. The highest BCUT2D eigenvalue weighted by atomic mass is 32.1. The Morgan fingerprint density at radius 2 is 2.14 bits per heavy atom. The maximum atomic E-state index is 5.10. The highest BCUT2D eigenvalue weighted by molar-refractivity contribution is 7.09. The maximum absolute atomic E-state index is 5.10. The predicted molar refractivity (Wildman–Crippen MR) is 88.9 cm³/mol. The fourth-order valence-corrected chi connectivity index (χ4v) is 3.19.